The Kier molecular flexibility index (Phi) is 6.57. The molecule has 0 aromatic heterocycles. The zero-order valence-electron chi connectivity index (χ0n) is 12.5. The zero-order valence-corrected chi connectivity index (χ0v) is 12.5. The normalized spacial score (nSPS) is 11.1. The largest absolute Gasteiger partial charge is 0.462 e. The third-order valence-electron chi connectivity index (χ3n) is 2.99. The van der Waals surface area contributed by atoms with Crippen molar-refractivity contribution in [1.82, 2.24) is 4.90 Å². The number of hydrogen-bond donors (Lipinski definition) is 0. The molecule has 0 radical (unpaired) electrons. The Labute approximate surface area is 116 Å². The van der Waals surface area contributed by atoms with E-state index in [2.05, 4.69) is 18.7 Å². The third-order valence-corrected chi connectivity index (χ3v) is 2.99. The van der Waals surface area contributed by atoms with Crippen LogP contribution in [0, 0.1) is 5.92 Å². The minimum atomic E-state index is -0.199. The molecule has 0 saturated carbocycles. The van der Waals surface area contributed by atoms with Gasteiger partial charge in [-0.3, -0.25) is 0 Å². The van der Waals surface area contributed by atoms with E-state index in [-0.39, 0.29) is 5.97 Å². The van der Waals surface area contributed by atoms with E-state index in [1.54, 1.807) is 0 Å². The second-order valence-electron chi connectivity index (χ2n) is 5.53. The molecule has 1 aromatic rings. The van der Waals surface area contributed by atoms with Gasteiger partial charge in [0.15, 0.2) is 0 Å². The Morgan fingerprint density at radius 1 is 1.26 bits per heavy atom. The van der Waals surface area contributed by atoms with Crippen LogP contribution < -0.4 is 0 Å². The lowest BCUT2D eigenvalue weighted by Crippen LogP contribution is -2.17. The highest BCUT2D eigenvalue weighted by atomic mass is 16.5. The maximum Gasteiger partial charge on any atom is 0.338 e. The molecule has 0 aliphatic rings. The molecule has 0 aliphatic heterocycles. The molecule has 0 fully saturated rings. The molecule has 106 valence electrons. The van der Waals surface area contributed by atoms with Gasteiger partial charge in [0.2, 0.25) is 0 Å². The minimum Gasteiger partial charge on any atom is -0.462 e. The van der Waals surface area contributed by atoms with Crippen LogP contribution in [0.1, 0.15) is 36.2 Å². The summed E-state index contributed by atoms with van der Waals surface area (Å²) >= 11 is 0. The van der Waals surface area contributed by atoms with E-state index in [4.69, 9.17) is 4.74 Å². The van der Waals surface area contributed by atoms with Gasteiger partial charge in [-0.2, -0.15) is 0 Å². The van der Waals surface area contributed by atoms with Gasteiger partial charge in [-0.25, -0.2) is 4.79 Å². The van der Waals surface area contributed by atoms with Crippen molar-refractivity contribution in [3.05, 3.63) is 35.4 Å². The Balaban J connectivity index is 2.62. The van der Waals surface area contributed by atoms with Crippen LogP contribution in [0.4, 0.5) is 0 Å². The molecular formula is C16H25NO2. The lowest BCUT2D eigenvalue weighted by atomic mass is 10.0. The summed E-state index contributed by atoms with van der Waals surface area (Å²) in [4.78, 5) is 14.2. The number of esters is 1. The lowest BCUT2D eigenvalue weighted by Gasteiger charge is -2.13. The van der Waals surface area contributed by atoms with Crippen molar-refractivity contribution < 1.29 is 9.53 Å². The van der Waals surface area contributed by atoms with Crippen LogP contribution in [-0.2, 0) is 11.2 Å². The van der Waals surface area contributed by atoms with Gasteiger partial charge in [-0.1, -0.05) is 32.0 Å². The number of ether oxygens (including phenoxy) is 1. The van der Waals surface area contributed by atoms with E-state index < -0.39 is 0 Å². The van der Waals surface area contributed by atoms with Crippen LogP contribution in [0.15, 0.2) is 24.3 Å². The topological polar surface area (TPSA) is 29.5 Å². The molecule has 0 heterocycles. The molecule has 1 aromatic carbocycles. The first-order chi connectivity index (χ1) is 9.00. The van der Waals surface area contributed by atoms with Crippen LogP contribution >= 0.6 is 0 Å². The molecule has 0 aliphatic carbocycles. The smallest absolute Gasteiger partial charge is 0.338 e. The van der Waals surface area contributed by atoms with Crippen LogP contribution in [0.3, 0.4) is 0 Å². The van der Waals surface area contributed by atoms with Crippen molar-refractivity contribution in [3.8, 4) is 0 Å². The standard InChI is InChI=1S/C16H25NO2/c1-13(2)10-12-19-16(18)15-8-6-5-7-14(15)9-11-17(3)4/h5-8,13H,9-12H2,1-4H3. The van der Waals surface area contributed by atoms with Crippen molar-refractivity contribution in [2.75, 3.05) is 27.2 Å². The van der Waals surface area contributed by atoms with Crippen LogP contribution in [-0.4, -0.2) is 38.1 Å². The van der Waals surface area contributed by atoms with Gasteiger partial charge in [-0.05, 0) is 44.5 Å². The van der Waals surface area contributed by atoms with Crippen LogP contribution in [0.5, 0.6) is 0 Å². The highest BCUT2D eigenvalue weighted by Crippen LogP contribution is 2.12. The summed E-state index contributed by atoms with van der Waals surface area (Å²) in [5.74, 6) is 0.354. The SMILES string of the molecule is CC(C)CCOC(=O)c1ccccc1CCN(C)C. The third kappa shape index (κ3) is 5.88. The summed E-state index contributed by atoms with van der Waals surface area (Å²) < 4.78 is 5.33. The quantitative estimate of drug-likeness (QED) is 0.708. The fraction of sp³-hybridized carbons (Fsp3) is 0.562. The number of carbonyl (C=O) groups excluding carboxylic acids is 1. The van der Waals surface area contributed by atoms with E-state index in [1.165, 1.54) is 0 Å². The number of hydrogen-bond acceptors (Lipinski definition) is 3. The van der Waals surface area contributed by atoms with E-state index >= 15 is 0 Å². The van der Waals surface area contributed by atoms with E-state index in [0.29, 0.717) is 18.1 Å². The summed E-state index contributed by atoms with van der Waals surface area (Å²) in [5, 5.41) is 0. The zero-order chi connectivity index (χ0) is 14.3. The van der Waals surface area contributed by atoms with Gasteiger partial charge in [0.25, 0.3) is 0 Å². The minimum absolute atomic E-state index is 0.199. The molecule has 0 N–H and O–H groups in total. The first-order valence-electron chi connectivity index (χ1n) is 6.90. The molecule has 0 atom stereocenters. The molecule has 0 amide bonds. The van der Waals surface area contributed by atoms with E-state index in [0.717, 1.165) is 24.9 Å². The average Bonchev–Trinajstić information content (AvgIpc) is 2.36. The van der Waals surface area contributed by atoms with Gasteiger partial charge in [0.05, 0.1) is 12.2 Å². The Hall–Kier alpha value is -1.35. The van der Waals surface area contributed by atoms with E-state index in [1.807, 2.05) is 38.4 Å². The summed E-state index contributed by atoms with van der Waals surface area (Å²) in [7, 11) is 4.06. The van der Waals surface area contributed by atoms with Crippen molar-refractivity contribution >= 4 is 5.97 Å². The second kappa shape index (κ2) is 7.95. The number of nitrogens with zero attached hydrogens (tertiary/aromatic N) is 1. The molecule has 0 spiro atoms. The Bertz CT molecular complexity index is 399. The highest BCUT2D eigenvalue weighted by Gasteiger charge is 2.12. The predicted octanol–water partition coefficient (Wildman–Crippen LogP) is 2.99. The fourth-order valence-corrected chi connectivity index (χ4v) is 1.75. The molecule has 0 unspecified atom stereocenters. The van der Waals surface area contributed by atoms with Crippen molar-refractivity contribution in [1.29, 1.82) is 0 Å². The molecule has 0 bridgehead atoms. The Morgan fingerprint density at radius 3 is 2.58 bits per heavy atom. The number of carbonyl (C=O) groups is 1. The summed E-state index contributed by atoms with van der Waals surface area (Å²) in [5.41, 5.74) is 1.76. The maximum absolute atomic E-state index is 12.1. The van der Waals surface area contributed by atoms with Gasteiger partial charge < -0.3 is 9.64 Å². The maximum atomic E-state index is 12.1. The molecule has 1 rings (SSSR count). The van der Waals surface area contributed by atoms with Crippen molar-refractivity contribution in [2.24, 2.45) is 5.92 Å². The summed E-state index contributed by atoms with van der Waals surface area (Å²) in [6.07, 6.45) is 1.77. The van der Waals surface area contributed by atoms with Gasteiger partial charge in [0.1, 0.15) is 0 Å². The molecule has 3 heteroatoms. The van der Waals surface area contributed by atoms with Crippen LogP contribution in [0.25, 0.3) is 0 Å². The second-order valence-corrected chi connectivity index (χ2v) is 5.53. The fourth-order valence-electron chi connectivity index (χ4n) is 1.75. The monoisotopic (exact) mass is 263 g/mol. The highest BCUT2D eigenvalue weighted by molar-refractivity contribution is 5.91. The molecule has 0 saturated heterocycles. The predicted molar refractivity (Wildman–Crippen MR) is 78.4 cm³/mol. The van der Waals surface area contributed by atoms with Crippen molar-refractivity contribution in [3.63, 3.8) is 0 Å². The van der Waals surface area contributed by atoms with Gasteiger partial charge in [0, 0.05) is 6.54 Å². The molecule has 19 heavy (non-hydrogen) atoms. The van der Waals surface area contributed by atoms with Crippen LogP contribution in [0.2, 0.25) is 0 Å². The summed E-state index contributed by atoms with van der Waals surface area (Å²) in [6, 6.07) is 7.71. The number of likely N-dealkylation sites (N-methyl/N-ethyl adjacent to an activating group) is 1. The average molecular weight is 263 g/mol. The number of rotatable bonds is 7. The molecular weight excluding hydrogens is 238 g/mol. The van der Waals surface area contributed by atoms with Gasteiger partial charge in [-0.15, -0.1) is 0 Å². The van der Waals surface area contributed by atoms with Gasteiger partial charge >= 0.3 is 5.97 Å². The van der Waals surface area contributed by atoms with E-state index in [9.17, 15) is 4.79 Å². The summed E-state index contributed by atoms with van der Waals surface area (Å²) in [6.45, 7) is 5.67. The first-order valence-corrected chi connectivity index (χ1v) is 6.90. The van der Waals surface area contributed by atoms with Crippen molar-refractivity contribution in [2.45, 2.75) is 26.7 Å². The first kappa shape index (κ1) is 15.7. The Morgan fingerprint density at radius 2 is 1.95 bits per heavy atom. The lowest BCUT2D eigenvalue weighted by molar-refractivity contribution is 0.0486. The molecule has 3 nitrogen and oxygen atoms in total. The number of benzene rings is 1.